The Labute approximate surface area is 70.7 Å². The van der Waals surface area contributed by atoms with Crippen molar-refractivity contribution in [3.05, 3.63) is 23.5 Å². The average molecular weight is 169 g/mol. The molecule has 1 rings (SSSR count). The molecule has 1 aliphatic carbocycles. The van der Waals surface area contributed by atoms with Crippen LogP contribution in [0.25, 0.3) is 0 Å². The maximum absolute atomic E-state index is 2.40. The van der Waals surface area contributed by atoms with Crippen molar-refractivity contribution in [1.29, 1.82) is 0 Å². The molecule has 62 valence electrons. The van der Waals surface area contributed by atoms with E-state index in [2.05, 4.69) is 52.1 Å². The third-order valence-corrected chi connectivity index (χ3v) is 3.81. The lowest BCUT2D eigenvalue weighted by Crippen LogP contribution is -1.98. The van der Waals surface area contributed by atoms with Crippen LogP contribution in [0.15, 0.2) is 23.5 Å². The van der Waals surface area contributed by atoms with Crippen LogP contribution in [0.1, 0.15) is 13.8 Å². The van der Waals surface area contributed by atoms with Gasteiger partial charge >= 0.3 is 0 Å². The van der Waals surface area contributed by atoms with Crippen molar-refractivity contribution < 1.29 is 0 Å². The van der Waals surface area contributed by atoms with Crippen LogP contribution in [-0.2, 0) is 0 Å². The van der Waals surface area contributed by atoms with Gasteiger partial charge in [0.15, 0.2) is 0 Å². The van der Waals surface area contributed by atoms with Crippen molar-refractivity contribution in [2.45, 2.75) is 13.8 Å². The second-order valence-corrected chi connectivity index (χ2v) is 9.28. The highest BCUT2D eigenvalue weighted by atomic mass is 31.2. The predicted molar refractivity (Wildman–Crippen MR) is 55.7 cm³/mol. The van der Waals surface area contributed by atoms with E-state index in [1.165, 1.54) is 0 Å². The molecular formula is C10H18P+. The van der Waals surface area contributed by atoms with Gasteiger partial charge in [-0.25, -0.2) is 0 Å². The first-order chi connectivity index (χ1) is 4.81. The van der Waals surface area contributed by atoms with Gasteiger partial charge < -0.3 is 0 Å². The Morgan fingerprint density at radius 3 is 1.91 bits per heavy atom. The SMILES string of the molecule is CC1(C)C=CC([P+](C)(C)C)=C1. The summed E-state index contributed by atoms with van der Waals surface area (Å²) in [7, 11) is -0.769. The quantitative estimate of drug-likeness (QED) is 0.528. The molecule has 0 N–H and O–H groups in total. The highest BCUT2D eigenvalue weighted by Gasteiger charge is 2.29. The summed E-state index contributed by atoms with van der Waals surface area (Å²) < 4.78 is 0. The lowest BCUT2D eigenvalue weighted by atomic mass is 9.97. The lowest BCUT2D eigenvalue weighted by molar-refractivity contribution is 0.636. The Morgan fingerprint density at radius 1 is 1.18 bits per heavy atom. The van der Waals surface area contributed by atoms with E-state index in [0.717, 1.165) is 0 Å². The maximum Gasteiger partial charge on any atom is 0.0896 e. The number of hydrogen-bond acceptors (Lipinski definition) is 0. The standard InChI is InChI=1S/C10H18P/c1-10(2)7-6-9(8-10)11(3,4)5/h6-8H,1-5H3/q+1. The largest absolute Gasteiger partial charge is 0.0896 e. The van der Waals surface area contributed by atoms with Crippen molar-refractivity contribution >= 4 is 7.26 Å². The van der Waals surface area contributed by atoms with E-state index in [1.54, 1.807) is 5.31 Å². The van der Waals surface area contributed by atoms with Gasteiger partial charge in [-0.1, -0.05) is 19.9 Å². The van der Waals surface area contributed by atoms with Gasteiger partial charge in [0.25, 0.3) is 0 Å². The Balaban J connectivity index is 2.89. The Kier molecular flexibility index (Phi) is 2.01. The van der Waals surface area contributed by atoms with Gasteiger partial charge in [0.2, 0.25) is 0 Å². The van der Waals surface area contributed by atoms with E-state index >= 15 is 0 Å². The van der Waals surface area contributed by atoms with Crippen molar-refractivity contribution in [3.63, 3.8) is 0 Å². The molecule has 0 aromatic heterocycles. The minimum absolute atomic E-state index is 0.308. The second-order valence-electron chi connectivity index (χ2n) is 4.74. The monoisotopic (exact) mass is 169 g/mol. The van der Waals surface area contributed by atoms with Crippen LogP contribution in [0.2, 0.25) is 0 Å². The van der Waals surface area contributed by atoms with Crippen LogP contribution in [0, 0.1) is 5.41 Å². The van der Waals surface area contributed by atoms with E-state index in [-0.39, 0.29) is 0 Å². The topological polar surface area (TPSA) is 0 Å². The first kappa shape index (κ1) is 9.00. The van der Waals surface area contributed by atoms with Crippen LogP contribution < -0.4 is 0 Å². The molecule has 1 aliphatic rings. The van der Waals surface area contributed by atoms with Gasteiger partial charge in [-0.05, 0) is 12.2 Å². The highest BCUT2D eigenvalue weighted by molar-refractivity contribution is 7.78. The fourth-order valence-electron chi connectivity index (χ4n) is 1.19. The Morgan fingerprint density at radius 2 is 1.73 bits per heavy atom. The first-order valence-corrected chi connectivity index (χ1v) is 7.18. The molecule has 11 heavy (non-hydrogen) atoms. The molecule has 0 fully saturated rings. The average Bonchev–Trinajstić information content (AvgIpc) is 2.07. The zero-order valence-electron chi connectivity index (χ0n) is 8.18. The highest BCUT2D eigenvalue weighted by Crippen LogP contribution is 2.58. The Hall–Kier alpha value is -0.0900. The van der Waals surface area contributed by atoms with Gasteiger partial charge in [0.05, 0.1) is 25.3 Å². The molecule has 0 bridgehead atoms. The van der Waals surface area contributed by atoms with Crippen molar-refractivity contribution in [2.75, 3.05) is 20.0 Å². The number of hydrogen-bond donors (Lipinski definition) is 0. The summed E-state index contributed by atoms with van der Waals surface area (Å²) in [6, 6.07) is 0. The minimum Gasteiger partial charge on any atom is -0.0710 e. The smallest absolute Gasteiger partial charge is 0.0710 e. The summed E-state index contributed by atoms with van der Waals surface area (Å²) in [6.45, 7) is 11.6. The zero-order chi connectivity index (χ0) is 8.70. The fraction of sp³-hybridized carbons (Fsp3) is 0.600. The molecule has 0 nitrogen and oxygen atoms in total. The third kappa shape index (κ3) is 2.17. The summed E-state index contributed by atoms with van der Waals surface area (Å²) in [4.78, 5) is 0. The van der Waals surface area contributed by atoms with Crippen molar-refractivity contribution in [2.24, 2.45) is 5.41 Å². The second kappa shape index (κ2) is 2.45. The van der Waals surface area contributed by atoms with Gasteiger partial charge in [-0.2, -0.15) is 0 Å². The maximum atomic E-state index is 2.40. The van der Waals surface area contributed by atoms with E-state index in [4.69, 9.17) is 0 Å². The molecule has 0 heterocycles. The van der Waals surface area contributed by atoms with Crippen LogP contribution in [-0.4, -0.2) is 20.0 Å². The molecule has 1 heteroatoms. The molecular weight excluding hydrogens is 151 g/mol. The fourth-order valence-corrected chi connectivity index (χ4v) is 2.44. The molecule has 0 radical (unpaired) electrons. The third-order valence-electron chi connectivity index (χ3n) is 1.98. The molecule has 0 amide bonds. The summed E-state index contributed by atoms with van der Waals surface area (Å²) in [5.74, 6) is 0. The van der Waals surface area contributed by atoms with Gasteiger partial charge in [0.1, 0.15) is 0 Å². The van der Waals surface area contributed by atoms with E-state index in [9.17, 15) is 0 Å². The minimum atomic E-state index is -0.769. The van der Waals surface area contributed by atoms with E-state index in [1.807, 2.05) is 0 Å². The van der Waals surface area contributed by atoms with Crippen LogP contribution >= 0.6 is 7.26 Å². The molecule has 0 aliphatic heterocycles. The molecule has 0 spiro atoms. The van der Waals surface area contributed by atoms with Crippen LogP contribution in [0.3, 0.4) is 0 Å². The number of rotatable bonds is 1. The molecule has 0 unspecified atom stereocenters. The van der Waals surface area contributed by atoms with Crippen molar-refractivity contribution in [3.8, 4) is 0 Å². The van der Waals surface area contributed by atoms with Crippen LogP contribution in [0.5, 0.6) is 0 Å². The molecule has 0 saturated heterocycles. The molecule has 0 aromatic rings. The Bertz CT molecular complexity index is 214. The number of allylic oxidation sites excluding steroid dienone is 4. The summed E-state index contributed by atoms with van der Waals surface area (Å²) >= 11 is 0. The van der Waals surface area contributed by atoms with E-state index < -0.39 is 7.26 Å². The van der Waals surface area contributed by atoms with Crippen LogP contribution in [0.4, 0.5) is 0 Å². The predicted octanol–water partition coefficient (Wildman–Crippen LogP) is 3.37. The summed E-state index contributed by atoms with van der Waals surface area (Å²) in [6.07, 6.45) is 7.00. The lowest BCUT2D eigenvalue weighted by Gasteiger charge is -2.12. The zero-order valence-corrected chi connectivity index (χ0v) is 9.07. The molecule has 0 aromatic carbocycles. The first-order valence-electron chi connectivity index (χ1n) is 4.05. The van der Waals surface area contributed by atoms with Crippen molar-refractivity contribution in [1.82, 2.24) is 0 Å². The van der Waals surface area contributed by atoms with Gasteiger partial charge in [-0.3, -0.25) is 0 Å². The van der Waals surface area contributed by atoms with Gasteiger partial charge in [0, 0.05) is 12.7 Å². The molecule has 0 atom stereocenters. The normalized spacial score (nSPS) is 22.1. The van der Waals surface area contributed by atoms with Gasteiger partial charge in [-0.15, -0.1) is 0 Å². The van der Waals surface area contributed by atoms with E-state index in [0.29, 0.717) is 5.41 Å². The summed E-state index contributed by atoms with van der Waals surface area (Å²) in [5.41, 5.74) is 0.308. The molecule has 0 saturated carbocycles. The summed E-state index contributed by atoms with van der Waals surface area (Å²) in [5, 5.41) is 1.57.